The van der Waals surface area contributed by atoms with Gasteiger partial charge >= 0.3 is 5.97 Å². The van der Waals surface area contributed by atoms with Gasteiger partial charge in [-0.05, 0) is 44.2 Å². The number of unbranched alkanes of at least 4 members (excludes halogenated alkanes) is 1. The van der Waals surface area contributed by atoms with E-state index < -0.39 is 22.6 Å². The molecular formula is C27H31ClN2O5S. The minimum atomic E-state index is -0.893. The van der Waals surface area contributed by atoms with Gasteiger partial charge in [0.25, 0.3) is 5.91 Å². The number of benzene rings is 1. The van der Waals surface area contributed by atoms with Gasteiger partial charge in [0.05, 0.1) is 33.9 Å². The largest absolute Gasteiger partial charge is 0.465 e. The number of likely N-dealkylation sites (tertiary alicyclic amines) is 1. The van der Waals surface area contributed by atoms with Gasteiger partial charge in [0.2, 0.25) is 5.91 Å². The van der Waals surface area contributed by atoms with E-state index in [9.17, 15) is 19.5 Å². The molecule has 1 aromatic carbocycles. The number of hydrogen-bond acceptors (Lipinski definition) is 6. The number of fused-ring (bicyclic) bond motifs is 2. The number of carbonyl (C=O) groups is 3. The summed E-state index contributed by atoms with van der Waals surface area (Å²) in [5.41, 5.74) is 0.596. The summed E-state index contributed by atoms with van der Waals surface area (Å²) in [6.45, 7) is 1.01. The van der Waals surface area contributed by atoms with Gasteiger partial charge in [-0.1, -0.05) is 48.0 Å². The van der Waals surface area contributed by atoms with Gasteiger partial charge in [0.15, 0.2) is 0 Å². The minimum Gasteiger partial charge on any atom is -0.465 e. The van der Waals surface area contributed by atoms with Gasteiger partial charge in [-0.3, -0.25) is 14.4 Å². The number of cyclic esters (lactones) is 1. The number of ether oxygens (including phenoxy) is 1. The Hall–Kier alpha value is -2.29. The molecule has 7 nitrogen and oxygen atoms in total. The Morgan fingerprint density at radius 2 is 1.94 bits per heavy atom. The number of hydrogen-bond donors (Lipinski definition) is 1. The van der Waals surface area contributed by atoms with Crippen molar-refractivity contribution in [1.29, 1.82) is 0 Å². The van der Waals surface area contributed by atoms with Crippen LogP contribution in [-0.4, -0.2) is 70.1 Å². The molecule has 5 atom stereocenters. The maximum absolute atomic E-state index is 14.3. The number of nitrogens with zero attached hydrogens (tertiary/aromatic N) is 2. The fraction of sp³-hybridized carbons (Fsp3) is 0.519. The lowest BCUT2D eigenvalue weighted by molar-refractivity contribution is -0.153. The predicted molar refractivity (Wildman–Crippen MR) is 140 cm³/mol. The van der Waals surface area contributed by atoms with Gasteiger partial charge in [-0.15, -0.1) is 11.8 Å². The van der Waals surface area contributed by atoms with Gasteiger partial charge in [0.1, 0.15) is 6.04 Å². The van der Waals surface area contributed by atoms with Crippen molar-refractivity contribution in [3.8, 4) is 0 Å². The summed E-state index contributed by atoms with van der Waals surface area (Å²) in [5.74, 6) is -2.12. The number of esters is 1. The number of para-hydroxylation sites is 1. The molecule has 4 aliphatic heterocycles. The second kappa shape index (κ2) is 10.6. The summed E-state index contributed by atoms with van der Waals surface area (Å²) in [6.07, 6.45) is 11.7. The average Bonchev–Trinajstić information content (AvgIpc) is 3.25. The van der Waals surface area contributed by atoms with E-state index in [0.29, 0.717) is 43.2 Å². The first-order valence-corrected chi connectivity index (χ1v) is 13.9. The lowest BCUT2D eigenvalue weighted by Crippen LogP contribution is -2.53. The van der Waals surface area contributed by atoms with Crippen LogP contribution in [0.5, 0.6) is 0 Å². The number of allylic oxidation sites excluding steroid dienone is 1. The molecule has 4 heterocycles. The number of thioether (sulfide) groups is 1. The molecule has 0 bridgehead atoms. The van der Waals surface area contributed by atoms with Gasteiger partial charge in [0, 0.05) is 24.9 Å². The lowest BCUT2D eigenvalue weighted by atomic mass is 9.78. The summed E-state index contributed by atoms with van der Waals surface area (Å²) in [7, 11) is 0. The maximum atomic E-state index is 14.3. The fourth-order valence-electron chi connectivity index (χ4n) is 5.94. The number of rotatable bonds is 5. The third-order valence-corrected chi connectivity index (χ3v) is 9.62. The number of amides is 2. The van der Waals surface area contributed by atoms with Crippen LogP contribution in [0.4, 0.5) is 5.69 Å². The summed E-state index contributed by atoms with van der Waals surface area (Å²) < 4.78 is 4.74. The van der Waals surface area contributed by atoms with Crippen molar-refractivity contribution in [3.05, 3.63) is 53.6 Å². The summed E-state index contributed by atoms with van der Waals surface area (Å²) in [6, 6.07) is 6.41. The van der Waals surface area contributed by atoms with Crippen LogP contribution in [0, 0.1) is 11.8 Å². The first kappa shape index (κ1) is 25.4. The SMILES string of the molecule is O=C1OCCCC/C=C\[C@@H]2S[C@]34C=CCN(c5ccccc5Cl)C(=O)C3N(CCCCO)C(=O)[C@@H]4[C@H]12. The molecular weight excluding hydrogens is 500 g/mol. The Morgan fingerprint density at radius 1 is 1.11 bits per heavy atom. The predicted octanol–water partition coefficient (Wildman–Crippen LogP) is 3.60. The molecule has 192 valence electrons. The first-order valence-electron chi connectivity index (χ1n) is 12.7. The second-order valence-corrected chi connectivity index (χ2v) is 11.6. The number of anilines is 1. The smallest absolute Gasteiger partial charge is 0.311 e. The van der Waals surface area contributed by atoms with Crippen molar-refractivity contribution in [2.24, 2.45) is 11.8 Å². The Bertz CT molecular complexity index is 1090. The number of aliphatic hydroxyl groups is 1. The summed E-state index contributed by atoms with van der Waals surface area (Å²) in [4.78, 5) is 44.9. The topological polar surface area (TPSA) is 87.2 Å². The van der Waals surface area contributed by atoms with Crippen LogP contribution >= 0.6 is 23.4 Å². The van der Waals surface area contributed by atoms with Crippen LogP contribution in [0.25, 0.3) is 0 Å². The molecule has 0 radical (unpaired) electrons. The Morgan fingerprint density at radius 3 is 2.75 bits per heavy atom. The quantitative estimate of drug-likeness (QED) is 0.355. The third kappa shape index (κ3) is 4.27. The first-order chi connectivity index (χ1) is 17.5. The van der Waals surface area contributed by atoms with E-state index in [1.807, 2.05) is 30.4 Å². The minimum absolute atomic E-state index is 0.0113. The molecule has 1 unspecified atom stereocenters. The van der Waals surface area contributed by atoms with Gasteiger partial charge in [-0.2, -0.15) is 0 Å². The molecule has 0 aromatic heterocycles. The van der Waals surface area contributed by atoms with E-state index in [0.717, 1.165) is 19.3 Å². The summed E-state index contributed by atoms with van der Waals surface area (Å²) >= 11 is 8.02. The van der Waals surface area contributed by atoms with Crippen molar-refractivity contribution in [2.45, 2.75) is 48.1 Å². The standard InChI is InChI=1S/C27H31ClN2O5S/c28-18-10-4-5-11-19(18)29-15-9-13-27-22(24(32)30(14-6-7-16-31)23(27)25(29)33)21-20(36-27)12-3-1-2-8-17-35-26(21)34/h3-5,9-13,20-23,31H,1-2,6-8,14-17H2/b12-3-/t20-,21+,22-,23?,27-/m0/s1. The third-order valence-electron chi connectivity index (χ3n) is 7.55. The van der Waals surface area contributed by atoms with Crippen molar-refractivity contribution in [2.75, 3.05) is 31.2 Å². The van der Waals surface area contributed by atoms with Crippen LogP contribution in [0.3, 0.4) is 0 Å². The molecule has 2 saturated heterocycles. The van der Waals surface area contributed by atoms with E-state index in [1.54, 1.807) is 21.9 Å². The molecule has 4 aliphatic rings. The van der Waals surface area contributed by atoms with Crippen LogP contribution in [-0.2, 0) is 19.1 Å². The number of carbonyl (C=O) groups excluding carboxylic acids is 3. The molecule has 1 spiro atoms. The van der Waals surface area contributed by atoms with Crippen molar-refractivity contribution in [3.63, 3.8) is 0 Å². The molecule has 2 amide bonds. The molecule has 1 aromatic rings. The van der Waals surface area contributed by atoms with Crippen LogP contribution in [0.2, 0.25) is 5.02 Å². The molecule has 0 saturated carbocycles. The second-order valence-electron chi connectivity index (χ2n) is 9.70. The summed E-state index contributed by atoms with van der Waals surface area (Å²) in [5, 5.41) is 9.54. The zero-order valence-electron chi connectivity index (χ0n) is 20.1. The van der Waals surface area contributed by atoms with E-state index in [-0.39, 0.29) is 29.6 Å². The van der Waals surface area contributed by atoms with Gasteiger partial charge in [-0.25, -0.2) is 0 Å². The molecule has 0 aliphatic carbocycles. The highest BCUT2D eigenvalue weighted by Gasteiger charge is 2.70. The molecule has 36 heavy (non-hydrogen) atoms. The fourth-order valence-corrected chi connectivity index (χ4v) is 8.18. The Labute approximate surface area is 220 Å². The van der Waals surface area contributed by atoms with Crippen molar-refractivity contribution < 1.29 is 24.2 Å². The molecule has 9 heteroatoms. The van der Waals surface area contributed by atoms with Crippen LogP contribution in [0.1, 0.15) is 32.1 Å². The van der Waals surface area contributed by atoms with E-state index in [1.165, 1.54) is 11.8 Å². The van der Waals surface area contributed by atoms with Gasteiger partial charge < -0.3 is 19.6 Å². The average molecular weight is 531 g/mol. The van der Waals surface area contributed by atoms with E-state index >= 15 is 0 Å². The van der Waals surface area contributed by atoms with Crippen molar-refractivity contribution >= 4 is 46.8 Å². The van der Waals surface area contributed by atoms with Crippen molar-refractivity contribution in [1.82, 2.24) is 4.90 Å². The lowest BCUT2D eigenvalue weighted by Gasteiger charge is -2.35. The number of aliphatic hydroxyl groups excluding tert-OH is 1. The van der Waals surface area contributed by atoms with E-state index in [2.05, 4.69) is 6.08 Å². The molecule has 5 rings (SSSR count). The molecule has 2 fully saturated rings. The highest BCUT2D eigenvalue weighted by Crippen LogP contribution is 2.61. The van der Waals surface area contributed by atoms with Crippen LogP contribution < -0.4 is 4.90 Å². The number of halogens is 1. The maximum Gasteiger partial charge on any atom is 0.311 e. The normalized spacial score (nSPS) is 33.0. The highest BCUT2D eigenvalue weighted by molar-refractivity contribution is 8.02. The zero-order chi connectivity index (χ0) is 25.3. The Kier molecular flexibility index (Phi) is 7.47. The Balaban J connectivity index is 1.59. The molecule has 1 N–H and O–H groups in total. The highest BCUT2D eigenvalue weighted by atomic mass is 35.5. The van der Waals surface area contributed by atoms with Crippen LogP contribution in [0.15, 0.2) is 48.6 Å². The zero-order valence-corrected chi connectivity index (χ0v) is 21.6. The van der Waals surface area contributed by atoms with E-state index in [4.69, 9.17) is 16.3 Å². The monoisotopic (exact) mass is 530 g/mol.